The minimum Gasteiger partial charge on any atom is -0.497 e. The molecule has 0 saturated heterocycles. The standard InChI is InChI=1S/C16H27NO2/c1-3-4-9-19-10-8-15(13-17)11-14-6-5-7-16(12-14)18-2/h5-7,12,15H,3-4,8-11,13,17H2,1-2H3. The average Bonchev–Trinajstić information content (AvgIpc) is 2.46. The van der Waals surface area contributed by atoms with Crippen molar-refractivity contribution in [3.8, 4) is 5.75 Å². The number of benzene rings is 1. The summed E-state index contributed by atoms with van der Waals surface area (Å²) in [6.45, 7) is 4.56. The second-order valence-electron chi connectivity index (χ2n) is 4.91. The highest BCUT2D eigenvalue weighted by molar-refractivity contribution is 5.28. The zero-order chi connectivity index (χ0) is 13.9. The van der Waals surface area contributed by atoms with Gasteiger partial charge in [-0.2, -0.15) is 0 Å². The Morgan fingerprint density at radius 3 is 2.79 bits per heavy atom. The molecule has 0 saturated carbocycles. The van der Waals surface area contributed by atoms with Crippen molar-refractivity contribution in [2.75, 3.05) is 26.9 Å². The maximum Gasteiger partial charge on any atom is 0.119 e. The first-order valence-corrected chi connectivity index (χ1v) is 7.20. The number of ether oxygens (including phenoxy) is 2. The van der Waals surface area contributed by atoms with Gasteiger partial charge in [0.2, 0.25) is 0 Å². The molecular weight excluding hydrogens is 238 g/mol. The van der Waals surface area contributed by atoms with Crippen molar-refractivity contribution in [1.82, 2.24) is 0 Å². The first kappa shape index (κ1) is 16.0. The maximum absolute atomic E-state index is 5.85. The molecule has 1 aromatic rings. The fraction of sp³-hybridized carbons (Fsp3) is 0.625. The van der Waals surface area contributed by atoms with Gasteiger partial charge < -0.3 is 15.2 Å². The molecule has 0 aliphatic rings. The lowest BCUT2D eigenvalue weighted by Crippen LogP contribution is -2.19. The number of rotatable bonds is 10. The van der Waals surface area contributed by atoms with Crippen molar-refractivity contribution in [3.05, 3.63) is 29.8 Å². The van der Waals surface area contributed by atoms with E-state index in [1.165, 1.54) is 12.0 Å². The second-order valence-corrected chi connectivity index (χ2v) is 4.91. The summed E-state index contributed by atoms with van der Waals surface area (Å²) in [7, 11) is 1.70. The fourth-order valence-electron chi connectivity index (χ4n) is 2.03. The van der Waals surface area contributed by atoms with Crippen LogP contribution in [0.5, 0.6) is 5.75 Å². The summed E-state index contributed by atoms with van der Waals surface area (Å²) in [5, 5.41) is 0. The number of hydrogen-bond acceptors (Lipinski definition) is 3. The highest BCUT2D eigenvalue weighted by Crippen LogP contribution is 2.17. The van der Waals surface area contributed by atoms with Gasteiger partial charge in [-0.1, -0.05) is 25.5 Å². The van der Waals surface area contributed by atoms with Crippen LogP contribution in [0.2, 0.25) is 0 Å². The summed E-state index contributed by atoms with van der Waals surface area (Å²) >= 11 is 0. The van der Waals surface area contributed by atoms with E-state index < -0.39 is 0 Å². The number of nitrogens with two attached hydrogens (primary N) is 1. The Labute approximate surface area is 117 Å². The maximum atomic E-state index is 5.85. The molecule has 19 heavy (non-hydrogen) atoms. The molecule has 0 heterocycles. The van der Waals surface area contributed by atoms with Crippen LogP contribution in [0.3, 0.4) is 0 Å². The van der Waals surface area contributed by atoms with E-state index in [4.69, 9.17) is 15.2 Å². The fourth-order valence-corrected chi connectivity index (χ4v) is 2.03. The van der Waals surface area contributed by atoms with Crippen LogP contribution in [-0.2, 0) is 11.2 Å². The third-order valence-corrected chi connectivity index (χ3v) is 3.30. The van der Waals surface area contributed by atoms with Gasteiger partial charge in [0.1, 0.15) is 5.75 Å². The zero-order valence-electron chi connectivity index (χ0n) is 12.2. The Balaban J connectivity index is 2.34. The predicted molar refractivity (Wildman–Crippen MR) is 79.6 cm³/mol. The molecule has 1 aromatic carbocycles. The summed E-state index contributed by atoms with van der Waals surface area (Å²) in [5.41, 5.74) is 7.13. The lowest BCUT2D eigenvalue weighted by Gasteiger charge is -2.15. The van der Waals surface area contributed by atoms with E-state index in [9.17, 15) is 0 Å². The molecule has 0 aliphatic carbocycles. The Hall–Kier alpha value is -1.06. The lowest BCUT2D eigenvalue weighted by molar-refractivity contribution is 0.118. The Bertz CT molecular complexity index is 341. The number of unbranched alkanes of at least 4 members (excludes halogenated alkanes) is 1. The van der Waals surface area contributed by atoms with Gasteiger partial charge in [0, 0.05) is 13.2 Å². The molecule has 0 bridgehead atoms. The van der Waals surface area contributed by atoms with Gasteiger partial charge in [0.05, 0.1) is 7.11 Å². The molecule has 2 N–H and O–H groups in total. The Morgan fingerprint density at radius 2 is 2.11 bits per heavy atom. The minimum absolute atomic E-state index is 0.480. The molecule has 0 radical (unpaired) electrons. The van der Waals surface area contributed by atoms with Crippen LogP contribution in [0, 0.1) is 5.92 Å². The van der Waals surface area contributed by atoms with Crippen LogP contribution in [0.4, 0.5) is 0 Å². The molecule has 0 aliphatic heterocycles. The first-order chi connectivity index (χ1) is 9.30. The summed E-state index contributed by atoms with van der Waals surface area (Å²) in [6.07, 6.45) is 4.34. The van der Waals surface area contributed by atoms with Gasteiger partial charge >= 0.3 is 0 Å². The molecule has 0 amide bonds. The number of hydrogen-bond donors (Lipinski definition) is 1. The van der Waals surface area contributed by atoms with Crippen LogP contribution in [0.15, 0.2) is 24.3 Å². The Kier molecular flexibility index (Phi) is 8.26. The highest BCUT2D eigenvalue weighted by atomic mass is 16.5. The van der Waals surface area contributed by atoms with Gasteiger partial charge in [-0.05, 0) is 49.4 Å². The molecule has 1 rings (SSSR count). The van der Waals surface area contributed by atoms with E-state index in [0.29, 0.717) is 12.5 Å². The van der Waals surface area contributed by atoms with Crippen molar-refractivity contribution in [1.29, 1.82) is 0 Å². The predicted octanol–water partition coefficient (Wildman–Crippen LogP) is 3.02. The third kappa shape index (κ3) is 6.60. The molecule has 1 atom stereocenters. The zero-order valence-corrected chi connectivity index (χ0v) is 12.2. The summed E-state index contributed by atoms with van der Waals surface area (Å²) in [6, 6.07) is 8.21. The minimum atomic E-state index is 0.480. The lowest BCUT2D eigenvalue weighted by atomic mass is 9.96. The SMILES string of the molecule is CCCCOCCC(CN)Cc1cccc(OC)c1. The largest absolute Gasteiger partial charge is 0.497 e. The van der Waals surface area contributed by atoms with Crippen LogP contribution in [-0.4, -0.2) is 26.9 Å². The van der Waals surface area contributed by atoms with E-state index in [2.05, 4.69) is 19.1 Å². The van der Waals surface area contributed by atoms with Crippen LogP contribution < -0.4 is 10.5 Å². The van der Waals surface area contributed by atoms with E-state index in [1.54, 1.807) is 7.11 Å². The molecule has 0 aromatic heterocycles. The average molecular weight is 265 g/mol. The third-order valence-electron chi connectivity index (χ3n) is 3.30. The summed E-state index contributed by atoms with van der Waals surface area (Å²) in [5.74, 6) is 1.39. The van der Waals surface area contributed by atoms with Crippen molar-refractivity contribution in [2.45, 2.75) is 32.6 Å². The molecular formula is C16H27NO2. The molecule has 3 heteroatoms. The van der Waals surface area contributed by atoms with E-state index in [0.717, 1.165) is 38.2 Å². The molecule has 0 fully saturated rings. The van der Waals surface area contributed by atoms with Crippen molar-refractivity contribution < 1.29 is 9.47 Å². The van der Waals surface area contributed by atoms with Crippen molar-refractivity contribution in [3.63, 3.8) is 0 Å². The van der Waals surface area contributed by atoms with Gasteiger partial charge in [0.15, 0.2) is 0 Å². The topological polar surface area (TPSA) is 44.5 Å². The quantitative estimate of drug-likeness (QED) is 0.661. The normalized spacial score (nSPS) is 12.4. The van der Waals surface area contributed by atoms with Crippen molar-refractivity contribution in [2.24, 2.45) is 11.7 Å². The smallest absolute Gasteiger partial charge is 0.119 e. The first-order valence-electron chi connectivity index (χ1n) is 7.20. The van der Waals surface area contributed by atoms with Crippen LogP contribution in [0.25, 0.3) is 0 Å². The van der Waals surface area contributed by atoms with Gasteiger partial charge in [-0.15, -0.1) is 0 Å². The summed E-state index contributed by atoms with van der Waals surface area (Å²) in [4.78, 5) is 0. The van der Waals surface area contributed by atoms with Gasteiger partial charge in [-0.25, -0.2) is 0 Å². The van der Waals surface area contributed by atoms with E-state index in [1.807, 2.05) is 12.1 Å². The molecule has 0 spiro atoms. The monoisotopic (exact) mass is 265 g/mol. The van der Waals surface area contributed by atoms with E-state index in [-0.39, 0.29) is 0 Å². The van der Waals surface area contributed by atoms with Crippen LogP contribution >= 0.6 is 0 Å². The Morgan fingerprint density at radius 1 is 1.26 bits per heavy atom. The van der Waals surface area contributed by atoms with Gasteiger partial charge in [0.25, 0.3) is 0 Å². The molecule has 108 valence electrons. The second kappa shape index (κ2) is 9.82. The highest BCUT2D eigenvalue weighted by Gasteiger charge is 2.08. The van der Waals surface area contributed by atoms with E-state index >= 15 is 0 Å². The summed E-state index contributed by atoms with van der Waals surface area (Å²) < 4.78 is 10.8. The number of methoxy groups -OCH3 is 1. The van der Waals surface area contributed by atoms with Crippen LogP contribution in [0.1, 0.15) is 31.7 Å². The van der Waals surface area contributed by atoms with Crippen molar-refractivity contribution >= 4 is 0 Å². The molecule has 1 unspecified atom stereocenters. The molecule has 3 nitrogen and oxygen atoms in total. The van der Waals surface area contributed by atoms with Gasteiger partial charge in [-0.3, -0.25) is 0 Å².